The summed E-state index contributed by atoms with van der Waals surface area (Å²) in [5.74, 6) is 1.13. The Labute approximate surface area is 143 Å². The Bertz CT molecular complexity index is 687. The van der Waals surface area contributed by atoms with Gasteiger partial charge in [0, 0.05) is 31.1 Å². The zero-order valence-electron chi connectivity index (χ0n) is 14.5. The van der Waals surface area contributed by atoms with Gasteiger partial charge in [0.15, 0.2) is 5.76 Å². The lowest BCUT2D eigenvalue weighted by atomic mass is 9.93. The monoisotopic (exact) mass is 330 g/mol. The Balaban J connectivity index is 1.76. The first-order chi connectivity index (χ1) is 11.7. The van der Waals surface area contributed by atoms with E-state index in [2.05, 4.69) is 5.32 Å². The maximum atomic E-state index is 12.9. The Hall–Kier alpha value is -1.85. The predicted molar refractivity (Wildman–Crippen MR) is 94.1 cm³/mol. The standard InChI is InChI=1S/C19H26N2O3/c1-20-10-7-14-8-11-21(12-9-14)19(22)18-16(13-23-2)15-5-3-4-6-17(15)24-18/h3-6,14,20H,7-13H2,1-2H3. The number of nitrogens with one attached hydrogen (secondary N) is 1. The number of hydrogen-bond donors (Lipinski definition) is 1. The lowest BCUT2D eigenvalue weighted by Gasteiger charge is -2.31. The van der Waals surface area contributed by atoms with Crippen LogP contribution in [-0.4, -0.2) is 44.6 Å². The predicted octanol–water partition coefficient (Wildman–Crippen LogP) is 3.04. The minimum atomic E-state index is -0.00897. The van der Waals surface area contributed by atoms with Crippen molar-refractivity contribution in [3.05, 3.63) is 35.6 Å². The number of benzene rings is 1. The van der Waals surface area contributed by atoms with Crippen LogP contribution in [-0.2, 0) is 11.3 Å². The number of carbonyl (C=O) groups is 1. The number of amides is 1. The average molecular weight is 330 g/mol. The third kappa shape index (κ3) is 3.47. The molecule has 1 fully saturated rings. The molecule has 1 aliphatic heterocycles. The third-order valence-electron chi connectivity index (χ3n) is 4.89. The molecule has 0 bridgehead atoms. The van der Waals surface area contributed by atoms with Crippen LogP contribution in [0.2, 0.25) is 0 Å². The van der Waals surface area contributed by atoms with Crippen LogP contribution >= 0.6 is 0 Å². The molecule has 1 aromatic heterocycles. The minimum Gasteiger partial charge on any atom is -0.451 e. The number of ether oxygens (including phenoxy) is 1. The van der Waals surface area contributed by atoms with Gasteiger partial charge in [0.05, 0.1) is 6.61 Å². The number of piperidine rings is 1. The molecule has 5 nitrogen and oxygen atoms in total. The number of methoxy groups -OCH3 is 1. The summed E-state index contributed by atoms with van der Waals surface area (Å²) in [4.78, 5) is 14.9. The SMILES string of the molecule is CNCCC1CCN(C(=O)c2oc3ccccc3c2COC)CC1. The van der Waals surface area contributed by atoms with E-state index in [0.717, 1.165) is 49.0 Å². The molecule has 24 heavy (non-hydrogen) atoms. The highest BCUT2D eigenvalue weighted by molar-refractivity contribution is 5.99. The van der Waals surface area contributed by atoms with Crippen molar-refractivity contribution in [1.82, 2.24) is 10.2 Å². The zero-order chi connectivity index (χ0) is 16.9. The van der Waals surface area contributed by atoms with E-state index in [-0.39, 0.29) is 5.91 Å². The summed E-state index contributed by atoms with van der Waals surface area (Å²) in [5.41, 5.74) is 1.60. The number of carbonyl (C=O) groups excluding carboxylic acids is 1. The van der Waals surface area contributed by atoms with Gasteiger partial charge in [-0.1, -0.05) is 18.2 Å². The largest absolute Gasteiger partial charge is 0.451 e. The quantitative estimate of drug-likeness (QED) is 0.884. The van der Waals surface area contributed by atoms with Crippen LogP contribution in [0.4, 0.5) is 0 Å². The Morgan fingerprint density at radius 3 is 2.79 bits per heavy atom. The van der Waals surface area contributed by atoms with Crippen LogP contribution in [0.15, 0.2) is 28.7 Å². The van der Waals surface area contributed by atoms with Gasteiger partial charge in [-0.25, -0.2) is 0 Å². The van der Waals surface area contributed by atoms with Crippen molar-refractivity contribution in [1.29, 1.82) is 0 Å². The third-order valence-corrected chi connectivity index (χ3v) is 4.89. The number of para-hydroxylation sites is 1. The van der Waals surface area contributed by atoms with Gasteiger partial charge in [-0.15, -0.1) is 0 Å². The maximum Gasteiger partial charge on any atom is 0.289 e. The molecule has 130 valence electrons. The number of nitrogens with zero attached hydrogens (tertiary/aromatic N) is 1. The van der Waals surface area contributed by atoms with E-state index >= 15 is 0 Å². The molecule has 1 saturated heterocycles. The number of hydrogen-bond acceptors (Lipinski definition) is 4. The molecule has 1 aromatic carbocycles. The second-order valence-electron chi connectivity index (χ2n) is 6.47. The molecule has 0 spiro atoms. The van der Waals surface area contributed by atoms with Crippen LogP contribution in [0, 0.1) is 5.92 Å². The summed E-state index contributed by atoms with van der Waals surface area (Å²) >= 11 is 0. The number of furan rings is 1. The van der Waals surface area contributed by atoms with Crippen molar-refractivity contribution in [2.75, 3.05) is 33.8 Å². The van der Waals surface area contributed by atoms with Gasteiger partial charge >= 0.3 is 0 Å². The summed E-state index contributed by atoms with van der Waals surface area (Å²) in [7, 11) is 3.63. The van der Waals surface area contributed by atoms with Crippen molar-refractivity contribution in [2.45, 2.75) is 25.9 Å². The van der Waals surface area contributed by atoms with Crippen molar-refractivity contribution < 1.29 is 13.9 Å². The van der Waals surface area contributed by atoms with Gasteiger partial charge in [-0.3, -0.25) is 4.79 Å². The second kappa shape index (κ2) is 7.81. The van der Waals surface area contributed by atoms with E-state index in [0.29, 0.717) is 18.3 Å². The van der Waals surface area contributed by atoms with E-state index in [4.69, 9.17) is 9.15 Å². The summed E-state index contributed by atoms with van der Waals surface area (Å²) in [5, 5.41) is 4.17. The Morgan fingerprint density at radius 2 is 2.08 bits per heavy atom. The van der Waals surface area contributed by atoms with Crippen molar-refractivity contribution in [2.24, 2.45) is 5.92 Å². The highest BCUT2D eigenvalue weighted by Crippen LogP contribution is 2.29. The van der Waals surface area contributed by atoms with E-state index < -0.39 is 0 Å². The van der Waals surface area contributed by atoms with Crippen LogP contribution in [0.25, 0.3) is 11.0 Å². The lowest BCUT2D eigenvalue weighted by Crippen LogP contribution is -2.39. The molecule has 0 saturated carbocycles. The first-order valence-electron chi connectivity index (χ1n) is 8.67. The topological polar surface area (TPSA) is 54.7 Å². The summed E-state index contributed by atoms with van der Waals surface area (Å²) in [6.45, 7) is 3.03. The normalized spacial score (nSPS) is 16.0. The molecular weight excluding hydrogens is 304 g/mol. The summed E-state index contributed by atoms with van der Waals surface area (Å²) < 4.78 is 11.2. The molecule has 0 aliphatic carbocycles. The van der Waals surface area contributed by atoms with Crippen LogP contribution in [0.5, 0.6) is 0 Å². The lowest BCUT2D eigenvalue weighted by molar-refractivity contribution is 0.0651. The van der Waals surface area contributed by atoms with Crippen molar-refractivity contribution in [3.63, 3.8) is 0 Å². The summed E-state index contributed by atoms with van der Waals surface area (Å²) in [6.07, 6.45) is 3.30. The molecule has 5 heteroatoms. The highest BCUT2D eigenvalue weighted by Gasteiger charge is 2.28. The molecule has 2 heterocycles. The molecule has 0 radical (unpaired) electrons. The van der Waals surface area contributed by atoms with Crippen LogP contribution < -0.4 is 5.32 Å². The highest BCUT2D eigenvalue weighted by atomic mass is 16.5. The average Bonchev–Trinajstić information content (AvgIpc) is 2.99. The fraction of sp³-hybridized carbons (Fsp3) is 0.526. The van der Waals surface area contributed by atoms with Gasteiger partial charge < -0.3 is 19.4 Å². The molecule has 3 rings (SSSR count). The molecule has 1 amide bonds. The maximum absolute atomic E-state index is 12.9. The molecule has 1 aliphatic rings. The molecule has 2 aromatic rings. The number of likely N-dealkylation sites (tertiary alicyclic amines) is 1. The van der Waals surface area contributed by atoms with Crippen LogP contribution in [0.3, 0.4) is 0 Å². The molecule has 0 unspecified atom stereocenters. The second-order valence-corrected chi connectivity index (χ2v) is 6.47. The molecular formula is C19H26N2O3. The number of fused-ring (bicyclic) bond motifs is 1. The van der Waals surface area contributed by atoms with E-state index in [9.17, 15) is 4.79 Å². The van der Waals surface area contributed by atoms with Gasteiger partial charge in [-0.2, -0.15) is 0 Å². The fourth-order valence-corrected chi connectivity index (χ4v) is 3.48. The minimum absolute atomic E-state index is 0.00897. The van der Waals surface area contributed by atoms with E-state index in [1.807, 2.05) is 36.2 Å². The fourth-order valence-electron chi connectivity index (χ4n) is 3.48. The van der Waals surface area contributed by atoms with Crippen molar-refractivity contribution >= 4 is 16.9 Å². The van der Waals surface area contributed by atoms with Gasteiger partial charge in [-0.05, 0) is 44.8 Å². The molecule has 0 atom stereocenters. The van der Waals surface area contributed by atoms with Gasteiger partial charge in [0.25, 0.3) is 5.91 Å². The summed E-state index contributed by atoms with van der Waals surface area (Å²) in [6, 6.07) is 7.76. The zero-order valence-corrected chi connectivity index (χ0v) is 14.5. The Kier molecular flexibility index (Phi) is 5.53. The van der Waals surface area contributed by atoms with E-state index in [1.54, 1.807) is 7.11 Å². The first-order valence-corrected chi connectivity index (χ1v) is 8.67. The smallest absolute Gasteiger partial charge is 0.289 e. The van der Waals surface area contributed by atoms with Crippen LogP contribution in [0.1, 0.15) is 35.4 Å². The van der Waals surface area contributed by atoms with Gasteiger partial charge in [0.1, 0.15) is 5.58 Å². The number of rotatable bonds is 6. The Morgan fingerprint density at radius 1 is 1.33 bits per heavy atom. The van der Waals surface area contributed by atoms with E-state index in [1.165, 1.54) is 6.42 Å². The van der Waals surface area contributed by atoms with Gasteiger partial charge in [0.2, 0.25) is 0 Å². The van der Waals surface area contributed by atoms with Crippen molar-refractivity contribution in [3.8, 4) is 0 Å². The molecule has 1 N–H and O–H groups in total. The first kappa shape index (κ1) is 17.0.